The summed E-state index contributed by atoms with van der Waals surface area (Å²) in [4.78, 5) is 27.2. The number of aliphatic hydroxyl groups is 1. The van der Waals surface area contributed by atoms with Gasteiger partial charge in [0.2, 0.25) is 0 Å². The number of amides is 1. The average molecular weight is 419 g/mol. The summed E-state index contributed by atoms with van der Waals surface area (Å²) in [5.41, 5.74) is 0.138. The first-order valence-corrected chi connectivity index (χ1v) is 10.6. The second-order valence-electron chi connectivity index (χ2n) is 5.29. The van der Waals surface area contributed by atoms with E-state index >= 15 is 0 Å². The highest BCUT2D eigenvalue weighted by Gasteiger charge is 2.33. The normalized spacial score (nSPS) is 14.2. The number of allylic oxidation sites excluding steroid dienone is 5. The average Bonchev–Trinajstić information content (AvgIpc) is 2.77. The topological polar surface area (TPSA) is 102 Å². The molecule has 1 aromatic rings. The molecular formula is C24H38N2O4. The van der Waals surface area contributed by atoms with Crippen molar-refractivity contribution >= 4 is 5.91 Å². The van der Waals surface area contributed by atoms with Gasteiger partial charge in [-0.25, -0.2) is 0 Å². The molecule has 6 nitrogen and oxygen atoms in total. The summed E-state index contributed by atoms with van der Waals surface area (Å²) in [5.74, 6) is -1.68. The van der Waals surface area contributed by atoms with E-state index in [1.54, 1.807) is 31.2 Å². The number of aromatic nitrogens is 1. The smallest absolute Gasteiger partial charge is 0.255 e. The van der Waals surface area contributed by atoms with Crippen molar-refractivity contribution in [2.45, 2.75) is 60.8 Å². The number of hydrogen-bond donors (Lipinski definition) is 4. The van der Waals surface area contributed by atoms with Gasteiger partial charge < -0.3 is 20.5 Å². The molecule has 1 aromatic heterocycles. The molecule has 2 rings (SSSR count). The van der Waals surface area contributed by atoms with E-state index in [9.17, 15) is 19.8 Å². The van der Waals surface area contributed by atoms with E-state index in [4.69, 9.17) is 0 Å². The molecule has 1 aliphatic heterocycles. The summed E-state index contributed by atoms with van der Waals surface area (Å²) < 4.78 is 0. The van der Waals surface area contributed by atoms with Crippen molar-refractivity contribution in [3.63, 3.8) is 0 Å². The monoisotopic (exact) mass is 418 g/mol. The molecular weight excluding hydrogens is 380 g/mol. The van der Waals surface area contributed by atoms with Gasteiger partial charge in [0.1, 0.15) is 11.5 Å². The third-order valence-electron chi connectivity index (χ3n) is 3.85. The van der Waals surface area contributed by atoms with Crippen molar-refractivity contribution < 1.29 is 15.0 Å². The third kappa shape index (κ3) is 7.78. The maximum Gasteiger partial charge on any atom is 0.255 e. The van der Waals surface area contributed by atoms with Crippen LogP contribution in [0.1, 0.15) is 66.4 Å². The molecule has 0 aromatic carbocycles. The Morgan fingerprint density at radius 1 is 1.13 bits per heavy atom. The fourth-order valence-electron chi connectivity index (χ4n) is 2.73. The van der Waals surface area contributed by atoms with Crippen molar-refractivity contribution in [1.82, 2.24) is 10.3 Å². The third-order valence-corrected chi connectivity index (χ3v) is 3.85. The quantitative estimate of drug-likeness (QED) is 0.490. The second kappa shape index (κ2) is 16.9. The van der Waals surface area contributed by atoms with Gasteiger partial charge in [0.05, 0.1) is 17.1 Å². The van der Waals surface area contributed by atoms with Crippen LogP contribution >= 0.6 is 0 Å². The van der Waals surface area contributed by atoms with Crippen molar-refractivity contribution in [1.29, 1.82) is 0 Å². The minimum absolute atomic E-state index is 0.0120. The van der Waals surface area contributed by atoms with Gasteiger partial charge in [-0.3, -0.25) is 9.59 Å². The fraction of sp³-hybridized carbons (Fsp3) is 0.417. The molecule has 2 heterocycles. The van der Waals surface area contributed by atoms with E-state index in [-0.39, 0.29) is 29.1 Å². The molecule has 4 N–H and O–H groups in total. The van der Waals surface area contributed by atoms with Crippen molar-refractivity contribution in [2.75, 3.05) is 6.54 Å². The molecule has 0 bridgehead atoms. The number of nitrogens with one attached hydrogen (secondary N) is 2. The summed E-state index contributed by atoms with van der Waals surface area (Å²) in [6, 6.07) is 1.34. The Hall–Kier alpha value is -3.02. The lowest BCUT2D eigenvalue weighted by atomic mass is 9.81. The molecule has 1 atom stereocenters. The molecule has 168 valence electrons. The van der Waals surface area contributed by atoms with E-state index in [1.807, 2.05) is 41.5 Å². The summed E-state index contributed by atoms with van der Waals surface area (Å²) >= 11 is 0. The first-order valence-electron chi connectivity index (χ1n) is 10.6. The van der Waals surface area contributed by atoms with Gasteiger partial charge in [-0.05, 0) is 18.6 Å². The minimum Gasteiger partial charge on any atom is -0.512 e. The number of aliphatic hydroxyl groups excluding tert-OH is 1. The number of carbonyl (C=O) groups is 1. The molecule has 6 heteroatoms. The molecule has 1 aliphatic rings. The lowest BCUT2D eigenvalue weighted by Crippen LogP contribution is -2.35. The number of aromatic hydroxyl groups is 1. The summed E-state index contributed by atoms with van der Waals surface area (Å²) in [7, 11) is 0. The molecule has 0 aliphatic carbocycles. The lowest BCUT2D eigenvalue weighted by Gasteiger charge is -2.25. The predicted molar refractivity (Wildman–Crippen MR) is 126 cm³/mol. The van der Waals surface area contributed by atoms with Crippen LogP contribution in [0, 0.1) is 0 Å². The van der Waals surface area contributed by atoms with Crippen molar-refractivity contribution in [2.24, 2.45) is 0 Å². The maximum atomic E-state index is 12.3. The first-order chi connectivity index (χ1) is 14.5. The number of hydrogen-bond acceptors (Lipinski definition) is 4. The second-order valence-corrected chi connectivity index (χ2v) is 5.29. The molecule has 30 heavy (non-hydrogen) atoms. The van der Waals surface area contributed by atoms with Gasteiger partial charge in [0.15, 0.2) is 0 Å². The Morgan fingerprint density at radius 2 is 1.73 bits per heavy atom. The van der Waals surface area contributed by atoms with Gasteiger partial charge in [0.25, 0.3) is 11.5 Å². The molecule has 1 amide bonds. The van der Waals surface area contributed by atoms with Crippen LogP contribution in [0.3, 0.4) is 0 Å². The number of pyridine rings is 1. The number of H-pyrrole nitrogens is 1. The molecule has 1 unspecified atom stereocenters. The lowest BCUT2D eigenvalue weighted by molar-refractivity contribution is -0.118. The predicted octanol–water partition coefficient (Wildman–Crippen LogP) is 5.26. The first kappa shape index (κ1) is 29.2. The van der Waals surface area contributed by atoms with Crippen LogP contribution in [0.4, 0.5) is 0 Å². The maximum absolute atomic E-state index is 12.3. The highest BCUT2D eigenvalue weighted by molar-refractivity contribution is 5.97. The van der Waals surface area contributed by atoms with Gasteiger partial charge >= 0.3 is 0 Å². The van der Waals surface area contributed by atoms with Crippen LogP contribution < -0.4 is 10.9 Å². The SMILES string of the molecule is C=C/C=C\C(=C/C)C(C1=C(O)CCNC1=O)c1c(O)cc[nH]c1=O.CC.CC.CC. The van der Waals surface area contributed by atoms with Gasteiger partial charge in [-0.2, -0.15) is 0 Å². The molecule has 0 saturated heterocycles. The van der Waals surface area contributed by atoms with Crippen molar-refractivity contribution in [3.05, 3.63) is 76.0 Å². The Kier molecular flexibility index (Phi) is 16.4. The van der Waals surface area contributed by atoms with Crippen LogP contribution in [-0.4, -0.2) is 27.6 Å². The Labute approximate surface area is 180 Å². The highest BCUT2D eigenvalue weighted by Crippen LogP contribution is 2.37. The van der Waals surface area contributed by atoms with Crippen LogP contribution in [-0.2, 0) is 4.79 Å². The number of rotatable bonds is 5. The molecule has 0 saturated carbocycles. The summed E-state index contributed by atoms with van der Waals surface area (Å²) in [5, 5.41) is 23.1. The van der Waals surface area contributed by atoms with Crippen LogP contribution in [0.15, 0.2) is 64.8 Å². The van der Waals surface area contributed by atoms with Crippen LogP contribution in [0.2, 0.25) is 0 Å². The summed E-state index contributed by atoms with van der Waals surface area (Å²) in [6.45, 7) is 17.7. The van der Waals surface area contributed by atoms with Crippen LogP contribution in [0.25, 0.3) is 0 Å². The van der Waals surface area contributed by atoms with Gasteiger partial charge in [-0.15, -0.1) is 0 Å². The summed E-state index contributed by atoms with van der Waals surface area (Å²) in [6.07, 6.45) is 8.22. The highest BCUT2D eigenvalue weighted by atomic mass is 16.3. The van der Waals surface area contributed by atoms with E-state index < -0.39 is 17.4 Å². The largest absolute Gasteiger partial charge is 0.512 e. The van der Waals surface area contributed by atoms with E-state index in [2.05, 4.69) is 16.9 Å². The number of carbonyl (C=O) groups excluding carboxylic acids is 1. The zero-order valence-corrected chi connectivity index (χ0v) is 19.4. The molecule has 0 spiro atoms. The van der Waals surface area contributed by atoms with Crippen LogP contribution in [0.5, 0.6) is 5.75 Å². The van der Waals surface area contributed by atoms with Crippen molar-refractivity contribution in [3.8, 4) is 5.75 Å². The zero-order chi connectivity index (χ0) is 23.7. The molecule has 0 fully saturated rings. The van der Waals surface area contributed by atoms with E-state index in [0.717, 1.165) is 0 Å². The standard InChI is InChI=1S/C18H20N2O4.3C2H6/c1-3-5-6-11(4-2)14(15-12(21)7-9-19-17(15)23)16-13(22)8-10-20-18(16)24;3*1-2/h3-7,9,14,22H,1,8,10H2,2H3,(H,20,24)(H2,19,21,23);3*1-2H3/b6-5-,11-4+;;;. The zero-order valence-electron chi connectivity index (χ0n) is 19.4. The Bertz CT molecular complexity index is 802. The fourth-order valence-corrected chi connectivity index (χ4v) is 2.73. The van der Waals surface area contributed by atoms with Gasteiger partial charge in [-0.1, -0.05) is 72.4 Å². The van der Waals surface area contributed by atoms with Gasteiger partial charge in [0, 0.05) is 19.2 Å². The molecule has 0 radical (unpaired) electrons. The minimum atomic E-state index is -0.892. The number of aromatic amines is 1. The Balaban J connectivity index is 0. The Morgan fingerprint density at radius 3 is 2.20 bits per heavy atom. The van der Waals surface area contributed by atoms with E-state index in [0.29, 0.717) is 12.1 Å². The van der Waals surface area contributed by atoms with E-state index in [1.165, 1.54) is 12.3 Å².